The van der Waals surface area contributed by atoms with Gasteiger partial charge in [-0.3, -0.25) is 0 Å². The molecule has 2 aliphatic rings. The fraction of sp³-hybridized carbons (Fsp3) is 0.923. The summed E-state index contributed by atoms with van der Waals surface area (Å²) in [5.74, 6) is 0.569. The number of hydrogen-bond acceptors (Lipinski definition) is 2. The standard InChI is InChI=1S/C13H24N2O2/c1-3-10-5-6-11(16)9-12(10)15-8-7-14(4-2)13(15)17/h10-12,16H,3-9H2,1-2H3. The average Bonchev–Trinajstić information content (AvgIpc) is 2.70. The van der Waals surface area contributed by atoms with E-state index in [4.69, 9.17) is 0 Å². The normalized spacial score (nSPS) is 34.5. The van der Waals surface area contributed by atoms with Crippen LogP contribution in [0.5, 0.6) is 0 Å². The molecule has 2 rings (SSSR count). The highest BCUT2D eigenvalue weighted by molar-refractivity contribution is 5.76. The summed E-state index contributed by atoms with van der Waals surface area (Å²) in [6.45, 7) is 6.68. The summed E-state index contributed by atoms with van der Waals surface area (Å²) in [5.41, 5.74) is 0. The number of urea groups is 1. The Morgan fingerprint density at radius 3 is 2.65 bits per heavy atom. The van der Waals surface area contributed by atoms with Gasteiger partial charge in [0, 0.05) is 25.7 Å². The van der Waals surface area contributed by atoms with Gasteiger partial charge in [-0.2, -0.15) is 0 Å². The molecule has 0 bridgehead atoms. The minimum atomic E-state index is -0.216. The molecule has 0 aromatic rings. The van der Waals surface area contributed by atoms with Crippen LogP contribution in [-0.2, 0) is 0 Å². The number of likely N-dealkylation sites (N-methyl/N-ethyl adjacent to an activating group) is 1. The number of aliphatic hydroxyl groups excluding tert-OH is 1. The van der Waals surface area contributed by atoms with Crippen LogP contribution in [0.15, 0.2) is 0 Å². The molecule has 1 saturated heterocycles. The first-order valence-corrected chi connectivity index (χ1v) is 6.91. The van der Waals surface area contributed by atoms with Gasteiger partial charge in [0.1, 0.15) is 0 Å². The van der Waals surface area contributed by atoms with Crippen LogP contribution in [-0.4, -0.2) is 52.7 Å². The summed E-state index contributed by atoms with van der Waals surface area (Å²) in [5, 5.41) is 9.81. The summed E-state index contributed by atoms with van der Waals surface area (Å²) in [4.78, 5) is 16.1. The highest BCUT2D eigenvalue weighted by atomic mass is 16.3. The van der Waals surface area contributed by atoms with Gasteiger partial charge in [-0.25, -0.2) is 4.79 Å². The molecule has 1 heterocycles. The molecule has 4 heteroatoms. The predicted octanol–water partition coefficient (Wildman–Crippen LogP) is 1.68. The van der Waals surface area contributed by atoms with Gasteiger partial charge in [0.25, 0.3) is 0 Å². The zero-order valence-electron chi connectivity index (χ0n) is 10.9. The zero-order chi connectivity index (χ0) is 12.4. The number of carbonyl (C=O) groups excluding carboxylic acids is 1. The summed E-state index contributed by atoms with van der Waals surface area (Å²) in [7, 11) is 0. The molecule has 2 fully saturated rings. The summed E-state index contributed by atoms with van der Waals surface area (Å²) >= 11 is 0. The van der Waals surface area contributed by atoms with Gasteiger partial charge in [0.15, 0.2) is 0 Å². The van der Waals surface area contributed by atoms with Crippen LogP contribution in [0.2, 0.25) is 0 Å². The van der Waals surface area contributed by atoms with Crippen molar-refractivity contribution >= 4 is 6.03 Å². The molecular formula is C13H24N2O2. The molecule has 0 aromatic carbocycles. The van der Waals surface area contributed by atoms with Gasteiger partial charge in [0.05, 0.1) is 6.10 Å². The first kappa shape index (κ1) is 12.7. The molecular weight excluding hydrogens is 216 g/mol. The first-order valence-electron chi connectivity index (χ1n) is 6.91. The Morgan fingerprint density at radius 2 is 2.06 bits per heavy atom. The molecule has 2 amide bonds. The van der Waals surface area contributed by atoms with E-state index >= 15 is 0 Å². The van der Waals surface area contributed by atoms with Gasteiger partial charge >= 0.3 is 6.03 Å². The van der Waals surface area contributed by atoms with Crippen molar-refractivity contribution in [2.24, 2.45) is 5.92 Å². The van der Waals surface area contributed by atoms with E-state index in [9.17, 15) is 9.90 Å². The molecule has 98 valence electrons. The summed E-state index contributed by atoms with van der Waals surface area (Å²) in [6, 6.07) is 0.429. The lowest BCUT2D eigenvalue weighted by atomic mass is 9.80. The lowest BCUT2D eigenvalue weighted by Crippen LogP contribution is -2.47. The molecule has 1 aliphatic heterocycles. The Labute approximate surface area is 104 Å². The maximum atomic E-state index is 12.2. The third kappa shape index (κ3) is 2.41. The van der Waals surface area contributed by atoms with Crippen molar-refractivity contribution in [2.75, 3.05) is 19.6 Å². The van der Waals surface area contributed by atoms with Gasteiger partial charge in [-0.1, -0.05) is 13.3 Å². The molecule has 1 aliphatic carbocycles. The Kier molecular flexibility index (Phi) is 3.92. The largest absolute Gasteiger partial charge is 0.393 e. The average molecular weight is 240 g/mol. The second-order valence-corrected chi connectivity index (χ2v) is 5.26. The molecule has 0 aromatic heterocycles. The summed E-state index contributed by atoms with van der Waals surface area (Å²) in [6.07, 6.45) is 3.60. The van der Waals surface area contributed by atoms with Crippen LogP contribution in [0.4, 0.5) is 4.79 Å². The van der Waals surface area contributed by atoms with Crippen molar-refractivity contribution in [3.63, 3.8) is 0 Å². The van der Waals surface area contributed by atoms with Crippen molar-refractivity contribution in [3.05, 3.63) is 0 Å². The minimum absolute atomic E-state index is 0.171. The van der Waals surface area contributed by atoms with E-state index in [1.807, 2.05) is 16.7 Å². The van der Waals surface area contributed by atoms with Crippen LogP contribution in [0.1, 0.15) is 39.5 Å². The third-order valence-corrected chi connectivity index (χ3v) is 4.36. The number of aliphatic hydroxyl groups is 1. The fourth-order valence-electron chi connectivity index (χ4n) is 3.25. The predicted molar refractivity (Wildman–Crippen MR) is 66.8 cm³/mol. The van der Waals surface area contributed by atoms with Crippen LogP contribution in [0.3, 0.4) is 0 Å². The maximum Gasteiger partial charge on any atom is 0.320 e. The number of rotatable bonds is 3. The van der Waals surface area contributed by atoms with Crippen LogP contribution < -0.4 is 0 Å². The molecule has 3 atom stereocenters. The highest BCUT2D eigenvalue weighted by Gasteiger charge is 2.39. The van der Waals surface area contributed by atoms with E-state index in [-0.39, 0.29) is 18.2 Å². The zero-order valence-corrected chi connectivity index (χ0v) is 10.9. The minimum Gasteiger partial charge on any atom is -0.393 e. The molecule has 1 N–H and O–H groups in total. The van der Waals surface area contributed by atoms with E-state index in [1.165, 1.54) is 0 Å². The Hall–Kier alpha value is -0.770. The van der Waals surface area contributed by atoms with Crippen molar-refractivity contribution in [3.8, 4) is 0 Å². The van der Waals surface area contributed by atoms with Gasteiger partial charge in [0.2, 0.25) is 0 Å². The van der Waals surface area contributed by atoms with Crippen molar-refractivity contribution in [2.45, 2.75) is 51.7 Å². The van der Waals surface area contributed by atoms with Gasteiger partial charge in [-0.05, 0) is 32.1 Å². The van der Waals surface area contributed by atoms with Crippen molar-refractivity contribution in [1.29, 1.82) is 0 Å². The van der Waals surface area contributed by atoms with Crippen LogP contribution in [0.25, 0.3) is 0 Å². The van der Waals surface area contributed by atoms with E-state index < -0.39 is 0 Å². The fourth-order valence-corrected chi connectivity index (χ4v) is 3.25. The monoisotopic (exact) mass is 240 g/mol. The topological polar surface area (TPSA) is 43.8 Å². The SMILES string of the molecule is CCC1CCC(O)CC1N1CCN(CC)C1=O. The lowest BCUT2D eigenvalue weighted by molar-refractivity contribution is 0.0465. The molecule has 0 spiro atoms. The van der Waals surface area contributed by atoms with E-state index in [1.54, 1.807) is 0 Å². The highest BCUT2D eigenvalue weighted by Crippen LogP contribution is 2.32. The molecule has 1 saturated carbocycles. The van der Waals surface area contributed by atoms with Crippen LogP contribution in [0, 0.1) is 5.92 Å². The van der Waals surface area contributed by atoms with E-state index in [0.717, 1.165) is 45.3 Å². The van der Waals surface area contributed by atoms with Crippen molar-refractivity contribution in [1.82, 2.24) is 9.80 Å². The maximum absolute atomic E-state index is 12.2. The Bertz CT molecular complexity index is 283. The summed E-state index contributed by atoms with van der Waals surface area (Å²) < 4.78 is 0. The second-order valence-electron chi connectivity index (χ2n) is 5.26. The molecule has 3 unspecified atom stereocenters. The number of nitrogens with zero attached hydrogens (tertiary/aromatic N) is 2. The molecule has 0 radical (unpaired) electrons. The van der Waals surface area contributed by atoms with Gasteiger partial charge < -0.3 is 14.9 Å². The lowest BCUT2D eigenvalue weighted by Gasteiger charge is -2.39. The number of carbonyl (C=O) groups is 1. The number of amides is 2. The molecule has 4 nitrogen and oxygen atoms in total. The number of hydrogen-bond donors (Lipinski definition) is 1. The van der Waals surface area contributed by atoms with E-state index in [0.29, 0.717) is 5.92 Å². The first-order chi connectivity index (χ1) is 8.17. The van der Waals surface area contributed by atoms with Gasteiger partial charge in [-0.15, -0.1) is 0 Å². The van der Waals surface area contributed by atoms with Crippen molar-refractivity contribution < 1.29 is 9.90 Å². The van der Waals surface area contributed by atoms with Crippen LogP contribution >= 0.6 is 0 Å². The smallest absolute Gasteiger partial charge is 0.320 e. The second kappa shape index (κ2) is 5.25. The Morgan fingerprint density at radius 1 is 1.29 bits per heavy atom. The third-order valence-electron chi connectivity index (χ3n) is 4.36. The quantitative estimate of drug-likeness (QED) is 0.815. The van der Waals surface area contributed by atoms with E-state index in [2.05, 4.69) is 6.92 Å². The molecule has 17 heavy (non-hydrogen) atoms. The Balaban J connectivity index is 2.06.